The van der Waals surface area contributed by atoms with Crippen molar-refractivity contribution in [1.29, 1.82) is 0 Å². The summed E-state index contributed by atoms with van der Waals surface area (Å²) in [6.45, 7) is 4.87. The van der Waals surface area contributed by atoms with E-state index in [9.17, 15) is 9.18 Å². The normalized spacial score (nSPS) is 15.8. The molecule has 110 valence electrons. The van der Waals surface area contributed by atoms with E-state index in [1.54, 1.807) is 12.1 Å². The molecule has 1 saturated carbocycles. The molecule has 0 bridgehead atoms. The molecule has 0 atom stereocenters. The van der Waals surface area contributed by atoms with Gasteiger partial charge in [-0.2, -0.15) is 0 Å². The van der Waals surface area contributed by atoms with Crippen LogP contribution in [0, 0.1) is 11.7 Å². The minimum atomic E-state index is -0.522. The highest BCUT2D eigenvalue weighted by Gasteiger charge is 2.29. The molecule has 1 aromatic carbocycles. The number of carbonyl (C=O) groups is 1. The van der Waals surface area contributed by atoms with E-state index in [4.69, 9.17) is 5.73 Å². The Morgan fingerprint density at radius 3 is 2.65 bits per heavy atom. The van der Waals surface area contributed by atoms with Gasteiger partial charge < -0.3 is 10.6 Å². The van der Waals surface area contributed by atoms with Gasteiger partial charge in [-0.05, 0) is 30.9 Å². The topological polar surface area (TPSA) is 46.3 Å². The molecule has 0 unspecified atom stereocenters. The summed E-state index contributed by atoms with van der Waals surface area (Å²) in [7, 11) is 0. The van der Waals surface area contributed by atoms with Crippen LogP contribution in [0.15, 0.2) is 18.2 Å². The first-order valence-corrected chi connectivity index (χ1v) is 7.35. The second kappa shape index (κ2) is 6.25. The molecular weight excluding hydrogens is 255 g/mol. The highest BCUT2D eigenvalue weighted by molar-refractivity contribution is 5.99. The van der Waals surface area contributed by atoms with E-state index in [1.165, 1.54) is 6.07 Å². The van der Waals surface area contributed by atoms with Gasteiger partial charge in [-0.1, -0.05) is 32.8 Å². The maximum Gasteiger partial charge on any atom is 0.256 e. The Morgan fingerprint density at radius 1 is 1.40 bits per heavy atom. The number of benzene rings is 1. The molecule has 0 saturated heterocycles. The van der Waals surface area contributed by atoms with Crippen LogP contribution in [0.25, 0.3) is 0 Å². The average molecular weight is 278 g/mol. The van der Waals surface area contributed by atoms with Crippen molar-refractivity contribution in [3.8, 4) is 0 Å². The molecule has 0 spiro atoms. The Labute approximate surface area is 120 Å². The molecule has 4 heteroatoms. The molecule has 0 aliphatic heterocycles. The average Bonchev–Trinajstić information content (AvgIpc) is 2.92. The molecule has 0 radical (unpaired) electrons. The zero-order valence-electron chi connectivity index (χ0n) is 12.2. The molecule has 2 N–H and O–H groups in total. The van der Waals surface area contributed by atoms with Crippen LogP contribution in [0.4, 0.5) is 10.1 Å². The fraction of sp³-hybridized carbons (Fsp3) is 0.562. The molecule has 0 aromatic heterocycles. The van der Waals surface area contributed by atoms with Crippen LogP contribution in [0.2, 0.25) is 0 Å². The van der Waals surface area contributed by atoms with Crippen molar-refractivity contribution in [3.05, 3.63) is 29.6 Å². The van der Waals surface area contributed by atoms with Crippen LogP contribution in [0.1, 0.15) is 49.9 Å². The van der Waals surface area contributed by atoms with E-state index >= 15 is 0 Å². The lowest BCUT2D eigenvalue weighted by Crippen LogP contribution is -2.41. The number of nitrogens with two attached hydrogens (primary N) is 1. The molecule has 1 amide bonds. The molecular formula is C16H23FN2O. The molecule has 1 aliphatic rings. The molecule has 1 fully saturated rings. The van der Waals surface area contributed by atoms with E-state index < -0.39 is 5.82 Å². The van der Waals surface area contributed by atoms with Gasteiger partial charge in [-0.3, -0.25) is 4.79 Å². The molecule has 1 aromatic rings. The molecule has 20 heavy (non-hydrogen) atoms. The Kier molecular flexibility index (Phi) is 4.63. The predicted octanol–water partition coefficient (Wildman–Crippen LogP) is 3.45. The van der Waals surface area contributed by atoms with E-state index in [1.807, 2.05) is 4.90 Å². The summed E-state index contributed by atoms with van der Waals surface area (Å²) in [5.74, 6) is -0.274. The number of para-hydroxylation sites is 1. The zero-order valence-corrected chi connectivity index (χ0v) is 12.2. The van der Waals surface area contributed by atoms with Crippen molar-refractivity contribution in [3.63, 3.8) is 0 Å². The number of rotatable bonds is 4. The fourth-order valence-electron chi connectivity index (χ4n) is 2.89. The third-order valence-corrected chi connectivity index (χ3v) is 3.87. The molecule has 3 nitrogen and oxygen atoms in total. The van der Waals surface area contributed by atoms with Gasteiger partial charge in [0.1, 0.15) is 5.82 Å². The summed E-state index contributed by atoms with van der Waals surface area (Å²) in [6, 6.07) is 4.71. The maximum absolute atomic E-state index is 13.5. The number of amides is 1. The fourth-order valence-corrected chi connectivity index (χ4v) is 2.89. The first-order valence-electron chi connectivity index (χ1n) is 7.35. The lowest BCUT2D eigenvalue weighted by Gasteiger charge is -2.31. The Hall–Kier alpha value is -1.58. The SMILES string of the molecule is CC(C)CN(C(=O)c1cccc(F)c1N)C1CCCC1. The summed E-state index contributed by atoms with van der Waals surface area (Å²) in [5, 5.41) is 0. The van der Waals surface area contributed by atoms with E-state index in [0.717, 1.165) is 25.7 Å². The Morgan fingerprint density at radius 2 is 2.05 bits per heavy atom. The number of nitrogen functional groups attached to an aromatic ring is 1. The van der Waals surface area contributed by atoms with Gasteiger partial charge in [0, 0.05) is 12.6 Å². The number of nitrogens with zero attached hydrogens (tertiary/aromatic N) is 1. The summed E-state index contributed by atoms with van der Waals surface area (Å²) in [5.41, 5.74) is 5.98. The molecule has 0 heterocycles. The zero-order chi connectivity index (χ0) is 14.7. The van der Waals surface area contributed by atoms with Gasteiger partial charge in [0.15, 0.2) is 0 Å². The van der Waals surface area contributed by atoms with Gasteiger partial charge in [0.05, 0.1) is 11.3 Å². The smallest absolute Gasteiger partial charge is 0.256 e. The predicted molar refractivity (Wildman–Crippen MR) is 78.9 cm³/mol. The Balaban J connectivity index is 2.27. The van der Waals surface area contributed by atoms with Gasteiger partial charge >= 0.3 is 0 Å². The Bertz CT molecular complexity index is 481. The van der Waals surface area contributed by atoms with E-state index in [-0.39, 0.29) is 23.2 Å². The van der Waals surface area contributed by atoms with Crippen LogP contribution in [0.3, 0.4) is 0 Å². The number of anilines is 1. The van der Waals surface area contributed by atoms with Crippen LogP contribution >= 0.6 is 0 Å². The van der Waals surface area contributed by atoms with Gasteiger partial charge in [0.25, 0.3) is 5.91 Å². The quantitative estimate of drug-likeness (QED) is 0.857. The number of hydrogen-bond acceptors (Lipinski definition) is 2. The summed E-state index contributed by atoms with van der Waals surface area (Å²) < 4.78 is 13.5. The van der Waals surface area contributed by atoms with Crippen LogP contribution in [-0.4, -0.2) is 23.4 Å². The highest BCUT2D eigenvalue weighted by Crippen LogP contribution is 2.27. The van der Waals surface area contributed by atoms with Crippen molar-refractivity contribution in [2.75, 3.05) is 12.3 Å². The van der Waals surface area contributed by atoms with Crippen molar-refractivity contribution in [2.24, 2.45) is 5.92 Å². The van der Waals surface area contributed by atoms with Crippen LogP contribution in [0.5, 0.6) is 0 Å². The second-order valence-electron chi connectivity index (χ2n) is 5.99. The van der Waals surface area contributed by atoms with Crippen LogP contribution < -0.4 is 5.73 Å². The summed E-state index contributed by atoms with van der Waals surface area (Å²) in [4.78, 5) is 14.6. The minimum absolute atomic E-state index is 0.0377. The lowest BCUT2D eigenvalue weighted by atomic mass is 10.1. The van der Waals surface area contributed by atoms with Crippen molar-refractivity contribution < 1.29 is 9.18 Å². The number of halogens is 1. The highest BCUT2D eigenvalue weighted by atomic mass is 19.1. The van der Waals surface area contributed by atoms with Crippen molar-refractivity contribution in [2.45, 2.75) is 45.6 Å². The van der Waals surface area contributed by atoms with E-state index in [0.29, 0.717) is 12.5 Å². The van der Waals surface area contributed by atoms with E-state index in [2.05, 4.69) is 13.8 Å². The van der Waals surface area contributed by atoms with Crippen molar-refractivity contribution in [1.82, 2.24) is 4.90 Å². The van der Waals surface area contributed by atoms with Crippen LogP contribution in [-0.2, 0) is 0 Å². The molecule has 1 aliphatic carbocycles. The number of hydrogen-bond donors (Lipinski definition) is 1. The first kappa shape index (κ1) is 14.8. The number of carbonyl (C=O) groups excluding carboxylic acids is 1. The molecule has 2 rings (SSSR count). The minimum Gasteiger partial charge on any atom is -0.396 e. The largest absolute Gasteiger partial charge is 0.396 e. The van der Waals surface area contributed by atoms with Crippen molar-refractivity contribution >= 4 is 11.6 Å². The second-order valence-corrected chi connectivity index (χ2v) is 5.99. The first-order chi connectivity index (χ1) is 9.50. The monoisotopic (exact) mass is 278 g/mol. The van der Waals surface area contributed by atoms with Gasteiger partial charge in [-0.15, -0.1) is 0 Å². The van der Waals surface area contributed by atoms with Gasteiger partial charge in [0.2, 0.25) is 0 Å². The maximum atomic E-state index is 13.5. The third-order valence-electron chi connectivity index (χ3n) is 3.87. The van der Waals surface area contributed by atoms with Gasteiger partial charge in [-0.25, -0.2) is 4.39 Å². The lowest BCUT2D eigenvalue weighted by molar-refractivity contribution is 0.0656. The standard InChI is InChI=1S/C16H23FN2O/c1-11(2)10-19(12-6-3-4-7-12)16(20)13-8-5-9-14(17)15(13)18/h5,8-9,11-12H,3-4,6-7,10,18H2,1-2H3. The summed E-state index contributed by atoms with van der Waals surface area (Å²) >= 11 is 0. The summed E-state index contributed by atoms with van der Waals surface area (Å²) in [6.07, 6.45) is 4.39. The third kappa shape index (κ3) is 3.11.